The highest BCUT2D eigenvalue weighted by Gasteiger charge is 2.20. The summed E-state index contributed by atoms with van der Waals surface area (Å²) in [5.41, 5.74) is 1.97. The fraction of sp³-hybridized carbons (Fsp3) is 0.538. The molecule has 0 aromatic heterocycles. The lowest BCUT2D eigenvalue weighted by molar-refractivity contribution is 0.199. The van der Waals surface area contributed by atoms with Crippen molar-refractivity contribution < 1.29 is 5.11 Å². The maximum Gasteiger partial charge on any atom is 0.0762 e. The minimum Gasteiger partial charge on any atom is -0.389 e. The van der Waals surface area contributed by atoms with Crippen LogP contribution in [0.3, 0.4) is 0 Å². The molecule has 1 unspecified atom stereocenters. The maximum atomic E-state index is 9.47. The lowest BCUT2D eigenvalue weighted by atomic mass is 10.1. The molecule has 0 amide bonds. The smallest absolute Gasteiger partial charge is 0.0762 e. The van der Waals surface area contributed by atoms with Crippen molar-refractivity contribution in [1.82, 2.24) is 0 Å². The number of anilines is 1. The molecule has 1 heterocycles. The number of hydrogen-bond acceptors (Lipinski definition) is 2. The minimum atomic E-state index is -0.455. The predicted octanol–water partition coefficient (Wildman–Crippen LogP) is 3.24. The molecule has 0 bridgehead atoms. The van der Waals surface area contributed by atoms with Gasteiger partial charge in [-0.1, -0.05) is 24.6 Å². The van der Waals surface area contributed by atoms with Gasteiger partial charge in [-0.15, -0.1) is 0 Å². The van der Waals surface area contributed by atoms with E-state index < -0.39 is 6.10 Å². The summed E-state index contributed by atoms with van der Waals surface area (Å²) in [4.78, 5) is 2.32. The van der Waals surface area contributed by atoms with Crippen LogP contribution >= 0.6 is 11.6 Å². The Morgan fingerprint density at radius 2 is 2.25 bits per heavy atom. The van der Waals surface area contributed by atoms with Crippen LogP contribution in [0.5, 0.6) is 0 Å². The molecule has 0 saturated carbocycles. The molecule has 2 rings (SSSR count). The number of benzene rings is 1. The summed E-state index contributed by atoms with van der Waals surface area (Å²) in [6.45, 7) is 6.17. The van der Waals surface area contributed by atoms with Crippen molar-refractivity contribution in [1.29, 1.82) is 0 Å². The molecule has 16 heavy (non-hydrogen) atoms. The molecule has 2 atom stereocenters. The van der Waals surface area contributed by atoms with Crippen LogP contribution in [0.4, 0.5) is 5.69 Å². The van der Waals surface area contributed by atoms with Gasteiger partial charge in [-0.2, -0.15) is 0 Å². The second-order valence-corrected chi connectivity index (χ2v) is 5.13. The van der Waals surface area contributed by atoms with Gasteiger partial charge in [-0.05, 0) is 37.0 Å². The zero-order chi connectivity index (χ0) is 11.7. The van der Waals surface area contributed by atoms with Crippen LogP contribution < -0.4 is 4.90 Å². The second kappa shape index (κ2) is 4.64. The summed E-state index contributed by atoms with van der Waals surface area (Å²) in [5, 5.41) is 10.2. The molecule has 1 saturated heterocycles. The molecule has 2 nitrogen and oxygen atoms in total. The van der Waals surface area contributed by atoms with Gasteiger partial charge in [0.25, 0.3) is 0 Å². The molecule has 1 aliphatic rings. The van der Waals surface area contributed by atoms with E-state index in [4.69, 9.17) is 11.6 Å². The Morgan fingerprint density at radius 1 is 1.50 bits per heavy atom. The number of halogens is 1. The molecule has 3 heteroatoms. The molecule has 1 aliphatic heterocycles. The summed E-state index contributed by atoms with van der Waals surface area (Å²) < 4.78 is 0. The Bertz CT molecular complexity index is 378. The largest absolute Gasteiger partial charge is 0.389 e. The second-order valence-electron chi connectivity index (χ2n) is 4.73. The van der Waals surface area contributed by atoms with E-state index in [2.05, 4.69) is 11.8 Å². The highest BCUT2D eigenvalue weighted by molar-refractivity contribution is 6.33. The number of nitrogens with zero attached hydrogens (tertiary/aromatic N) is 1. The fourth-order valence-corrected chi connectivity index (χ4v) is 2.50. The van der Waals surface area contributed by atoms with Gasteiger partial charge in [-0.25, -0.2) is 0 Å². The van der Waals surface area contributed by atoms with Gasteiger partial charge < -0.3 is 10.0 Å². The Hall–Kier alpha value is -0.730. The van der Waals surface area contributed by atoms with E-state index in [1.807, 2.05) is 18.2 Å². The predicted molar refractivity (Wildman–Crippen MR) is 68.1 cm³/mol. The maximum absolute atomic E-state index is 9.47. The first kappa shape index (κ1) is 11.7. The van der Waals surface area contributed by atoms with Gasteiger partial charge in [0.2, 0.25) is 0 Å². The molecular formula is C13H18ClNO. The highest BCUT2D eigenvalue weighted by atomic mass is 35.5. The molecule has 0 spiro atoms. The Morgan fingerprint density at radius 3 is 2.75 bits per heavy atom. The van der Waals surface area contributed by atoms with E-state index in [1.54, 1.807) is 6.92 Å². The van der Waals surface area contributed by atoms with Gasteiger partial charge in [0, 0.05) is 13.1 Å². The van der Waals surface area contributed by atoms with Crippen molar-refractivity contribution in [3.05, 3.63) is 28.8 Å². The van der Waals surface area contributed by atoms with Crippen molar-refractivity contribution in [3.8, 4) is 0 Å². The molecule has 1 N–H and O–H groups in total. The third kappa shape index (κ3) is 2.33. The van der Waals surface area contributed by atoms with Crippen LogP contribution in [-0.4, -0.2) is 18.2 Å². The number of hydrogen-bond donors (Lipinski definition) is 1. The van der Waals surface area contributed by atoms with Gasteiger partial charge in [-0.3, -0.25) is 0 Å². The lowest BCUT2D eigenvalue weighted by Gasteiger charge is -2.20. The van der Waals surface area contributed by atoms with Crippen molar-refractivity contribution >= 4 is 17.3 Å². The minimum absolute atomic E-state index is 0.455. The van der Waals surface area contributed by atoms with E-state index in [0.29, 0.717) is 0 Å². The third-order valence-electron chi connectivity index (χ3n) is 3.22. The van der Waals surface area contributed by atoms with Crippen LogP contribution in [0.15, 0.2) is 18.2 Å². The van der Waals surface area contributed by atoms with E-state index in [1.165, 1.54) is 6.42 Å². The quantitative estimate of drug-likeness (QED) is 0.857. The Balaban J connectivity index is 2.22. The van der Waals surface area contributed by atoms with E-state index in [-0.39, 0.29) is 0 Å². The molecule has 1 fully saturated rings. The standard InChI is InChI=1S/C13H18ClNO/c1-9-5-6-15(8-9)13-4-3-11(10(2)16)7-12(13)14/h3-4,7,9-10,16H,5-6,8H2,1-2H3/t9?,10-/m0/s1. The zero-order valence-corrected chi connectivity index (χ0v) is 10.5. The molecule has 1 aromatic carbocycles. The fourth-order valence-electron chi connectivity index (χ4n) is 2.19. The zero-order valence-electron chi connectivity index (χ0n) is 9.78. The Labute approximate surface area is 102 Å². The van der Waals surface area contributed by atoms with Crippen molar-refractivity contribution in [2.75, 3.05) is 18.0 Å². The topological polar surface area (TPSA) is 23.5 Å². The lowest BCUT2D eigenvalue weighted by Crippen LogP contribution is -2.19. The average Bonchev–Trinajstić information content (AvgIpc) is 2.64. The summed E-state index contributed by atoms with van der Waals surface area (Å²) in [5.74, 6) is 0.743. The van der Waals surface area contributed by atoms with Crippen LogP contribution in [0.25, 0.3) is 0 Å². The monoisotopic (exact) mass is 239 g/mol. The van der Waals surface area contributed by atoms with Crippen LogP contribution in [0.1, 0.15) is 31.9 Å². The van der Waals surface area contributed by atoms with Gasteiger partial charge in [0.05, 0.1) is 16.8 Å². The first-order chi connectivity index (χ1) is 7.58. The summed E-state index contributed by atoms with van der Waals surface area (Å²) in [7, 11) is 0. The highest BCUT2D eigenvalue weighted by Crippen LogP contribution is 2.32. The SMILES string of the molecule is CC1CCN(c2ccc([C@H](C)O)cc2Cl)C1. The van der Waals surface area contributed by atoms with E-state index in [0.717, 1.165) is 35.3 Å². The molecule has 0 radical (unpaired) electrons. The Kier molecular flexibility index (Phi) is 3.41. The van der Waals surface area contributed by atoms with Crippen LogP contribution in [-0.2, 0) is 0 Å². The molecule has 1 aromatic rings. The molecule has 0 aliphatic carbocycles. The first-order valence-corrected chi connectivity index (χ1v) is 6.18. The number of rotatable bonds is 2. The van der Waals surface area contributed by atoms with E-state index >= 15 is 0 Å². The summed E-state index contributed by atoms with van der Waals surface area (Å²) in [6, 6.07) is 5.84. The molecule has 88 valence electrons. The van der Waals surface area contributed by atoms with Crippen molar-refractivity contribution in [2.24, 2.45) is 5.92 Å². The van der Waals surface area contributed by atoms with Crippen molar-refractivity contribution in [2.45, 2.75) is 26.4 Å². The van der Waals surface area contributed by atoms with E-state index in [9.17, 15) is 5.11 Å². The van der Waals surface area contributed by atoms with Crippen LogP contribution in [0.2, 0.25) is 5.02 Å². The third-order valence-corrected chi connectivity index (χ3v) is 3.52. The number of aliphatic hydroxyl groups excluding tert-OH is 1. The van der Waals surface area contributed by atoms with Gasteiger partial charge >= 0.3 is 0 Å². The number of aliphatic hydroxyl groups is 1. The average molecular weight is 240 g/mol. The first-order valence-electron chi connectivity index (χ1n) is 5.80. The van der Waals surface area contributed by atoms with Gasteiger partial charge in [0.1, 0.15) is 0 Å². The summed E-state index contributed by atoms with van der Waals surface area (Å²) >= 11 is 6.25. The van der Waals surface area contributed by atoms with Gasteiger partial charge in [0.15, 0.2) is 0 Å². The van der Waals surface area contributed by atoms with Crippen LogP contribution in [0, 0.1) is 5.92 Å². The summed E-state index contributed by atoms with van der Waals surface area (Å²) in [6.07, 6.45) is 0.776. The normalized spacial score (nSPS) is 22.5. The molecular weight excluding hydrogens is 222 g/mol. The van der Waals surface area contributed by atoms with Crippen molar-refractivity contribution in [3.63, 3.8) is 0 Å².